The van der Waals surface area contributed by atoms with E-state index in [1.165, 1.54) is 0 Å². The Morgan fingerprint density at radius 3 is 2.80 bits per heavy atom. The zero-order valence-corrected chi connectivity index (χ0v) is 9.36. The summed E-state index contributed by atoms with van der Waals surface area (Å²) in [5.41, 5.74) is 2.82. The third-order valence-corrected chi connectivity index (χ3v) is 2.27. The second-order valence-corrected chi connectivity index (χ2v) is 4.19. The Labute approximate surface area is 89.6 Å². The summed E-state index contributed by atoms with van der Waals surface area (Å²) in [7, 11) is 0. The predicted octanol–water partition coefficient (Wildman–Crippen LogP) is 2.53. The highest BCUT2D eigenvalue weighted by atomic mass is 14.9. The topological polar surface area (TPSA) is 38.7 Å². The van der Waals surface area contributed by atoms with Crippen LogP contribution in [0, 0.1) is 12.8 Å². The van der Waals surface area contributed by atoms with E-state index in [-0.39, 0.29) is 0 Å². The molecule has 2 aromatic rings. The van der Waals surface area contributed by atoms with Crippen LogP contribution in [-0.2, 0) is 6.42 Å². The molecule has 0 saturated heterocycles. The summed E-state index contributed by atoms with van der Waals surface area (Å²) in [5, 5.41) is 0. The molecule has 2 rings (SSSR count). The standard InChI is InChI=1S/C12H15N3/c1-8(2)7-11-14-9(3)12-10(15-11)5-4-6-13-12/h4-6,8H,7H2,1-3H3. The number of rotatable bonds is 2. The fourth-order valence-electron chi connectivity index (χ4n) is 1.63. The molecule has 15 heavy (non-hydrogen) atoms. The Kier molecular flexibility index (Phi) is 2.62. The highest BCUT2D eigenvalue weighted by Gasteiger charge is 2.06. The summed E-state index contributed by atoms with van der Waals surface area (Å²) in [6.45, 7) is 6.33. The number of hydrogen-bond donors (Lipinski definition) is 0. The number of hydrogen-bond acceptors (Lipinski definition) is 3. The van der Waals surface area contributed by atoms with Crippen LogP contribution < -0.4 is 0 Å². The van der Waals surface area contributed by atoms with E-state index in [0.717, 1.165) is 29.0 Å². The largest absolute Gasteiger partial charge is 0.253 e. The number of pyridine rings is 1. The van der Waals surface area contributed by atoms with Crippen molar-refractivity contribution in [2.75, 3.05) is 0 Å². The molecule has 0 unspecified atom stereocenters. The van der Waals surface area contributed by atoms with Crippen LogP contribution in [0.3, 0.4) is 0 Å². The monoisotopic (exact) mass is 201 g/mol. The molecule has 0 N–H and O–H groups in total. The van der Waals surface area contributed by atoms with Gasteiger partial charge in [-0.2, -0.15) is 0 Å². The van der Waals surface area contributed by atoms with Gasteiger partial charge >= 0.3 is 0 Å². The molecule has 78 valence electrons. The van der Waals surface area contributed by atoms with E-state index in [1.54, 1.807) is 6.20 Å². The van der Waals surface area contributed by atoms with Crippen molar-refractivity contribution in [2.24, 2.45) is 5.92 Å². The summed E-state index contributed by atoms with van der Waals surface area (Å²) < 4.78 is 0. The SMILES string of the molecule is Cc1nc(CC(C)C)nc2cccnc12. The van der Waals surface area contributed by atoms with Gasteiger partial charge in [-0.1, -0.05) is 13.8 Å². The van der Waals surface area contributed by atoms with Crippen molar-refractivity contribution in [3.05, 3.63) is 29.8 Å². The van der Waals surface area contributed by atoms with E-state index in [1.807, 2.05) is 19.1 Å². The minimum atomic E-state index is 0.582. The van der Waals surface area contributed by atoms with Crippen LogP contribution in [0.1, 0.15) is 25.4 Å². The summed E-state index contributed by atoms with van der Waals surface area (Å²) in [5.74, 6) is 1.50. The fourth-order valence-corrected chi connectivity index (χ4v) is 1.63. The molecule has 3 heteroatoms. The third-order valence-electron chi connectivity index (χ3n) is 2.27. The lowest BCUT2D eigenvalue weighted by Gasteiger charge is -2.06. The number of nitrogens with zero attached hydrogens (tertiary/aromatic N) is 3. The first kappa shape index (κ1) is 10.0. The predicted molar refractivity (Wildman–Crippen MR) is 60.6 cm³/mol. The summed E-state index contributed by atoms with van der Waals surface area (Å²) in [6, 6.07) is 3.90. The Balaban J connectivity index is 2.52. The van der Waals surface area contributed by atoms with Crippen molar-refractivity contribution in [2.45, 2.75) is 27.2 Å². The molecule has 0 saturated carbocycles. The first-order valence-corrected chi connectivity index (χ1v) is 5.25. The van der Waals surface area contributed by atoms with Crippen molar-refractivity contribution in [3.63, 3.8) is 0 Å². The third kappa shape index (κ3) is 2.12. The van der Waals surface area contributed by atoms with Gasteiger partial charge in [0.25, 0.3) is 0 Å². The zero-order valence-electron chi connectivity index (χ0n) is 9.36. The normalized spacial score (nSPS) is 11.2. The smallest absolute Gasteiger partial charge is 0.129 e. The second kappa shape index (κ2) is 3.93. The first-order valence-electron chi connectivity index (χ1n) is 5.25. The molecule has 0 bridgehead atoms. The number of aromatic nitrogens is 3. The van der Waals surface area contributed by atoms with Crippen molar-refractivity contribution in [3.8, 4) is 0 Å². The Hall–Kier alpha value is -1.51. The maximum atomic E-state index is 4.50. The molecule has 2 aromatic heterocycles. The van der Waals surface area contributed by atoms with Crippen molar-refractivity contribution >= 4 is 11.0 Å². The quantitative estimate of drug-likeness (QED) is 0.749. The molecule has 0 aliphatic rings. The van der Waals surface area contributed by atoms with E-state index >= 15 is 0 Å². The van der Waals surface area contributed by atoms with Gasteiger partial charge in [0.05, 0.1) is 11.2 Å². The van der Waals surface area contributed by atoms with E-state index < -0.39 is 0 Å². The van der Waals surface area contributed by atoms with Crippen molar-refractivity contribution < 1.29 is 0 Å². The van der Waals surface area contributed by atoms with Gasteiger partial charge in [-0.15, -0.1) is 0 Å². The van der Waals surface area contributed by atoms with Crippen LogP contribution in [0.25, 0.3) is 11.0 Å². The van der Waals surface area contributed by atoms with Gasteiger partial charge in [0.1, 0.15) is 11.3 Å². The molecule has 0 aliphatic heterocycles. The Morgan fingerprint density at radius 1 is 1.27 bits per heavy atom. The van der Waals surface area contributed by atoms with Crippen LogP contribution in [0.15, 0.2) is 18.3 Å². The fraction of sp³-hybridized carbons (Fsp3) is 0.417. The molecule has 0 spiro atoms. The maximum Gasteiger partial charge on any atom is 0.129 e. The first-order chi connectivity index (χ1) is 7.16. The van der Waals surface area contributed by atoms with Crippen LogP contribution in [0.2, 0.25) is 0 Å². The Bertz CT molecular complexity index is 477. The van der Waals surface area contributed by atoms with Crippen LogP contribution in [-0.4, -0.2) is 15.0 Å². The molecule has 0 amide bonds. The second-order valence-electron chi connectivity index (χ2n) is 4.19. The van der Waals surface area contributed by atoms with E-state index in [0.29, 0.717) is 5.92 Å². The van der Waals surface area contributed by atoms with Crippen LogP contribution >= 0.6 is 0 Å². The van der Waals surface area contributed by atoms with Gasteiger partial charge in [-0.05, 0) is 25.0 Å². The summed E-state index contributed by atoms with van der Waals surface area (Å²) >= 11 is 0. The molecule has 0 radical (unpaired) electrons. The lowest BCUT2D eigenvalue weighted by atomic mass is 10.1. The molecule has 2 heterocycles. The summed E-state index contributed by atoms with van der Waals surface area (Å²) in [6.07, 6.45) is 2.70. The van der Waals surface area contributed by atoms with E-state index in [4.69, 9.17) is 0 Å². The van der Waals surface area contributed by atoms with Gasteiger partial charge in [-0.25, -0.2) is 9.97 Å². The average molecular weight is 201 g/mol. The van der Waals surface area contributed by atoms with Gasteiger partial charge in [-0.3, -0.25) is 4.98 Å². The highest BCUT2D eigenvalue weighted by molar-refractivity contribution is 5.75. The minimum Gasteiger partial charge on any atom is -0.253 e. The highest BCUT2D eigenvalue weighted by Crippen LogP contribution is 2.13. The van der Waals surface area contributed by atoms with Crippen LogP contribution in [0.5, 0.6) is 0 Å². The van der Waals surface area contributed by atoms with Crippen molar-refractivity contribution in [1.82, 2.24) is 15.0 Å². The molecular weight excluding hydrogens is 186 g/mol. The summed E-state index contributed by atoms with van der Waals surface area (Å²) in [4.78, 5) is 13.2. The zero-order chi connectivity index (χ0) is 10.8. The molecular formula is C12H15N3. The van der Waals surface area contributed by atoms with E-state index in [2.05, 4.69) is 28.8 Å². The van der Waals surface area contributed by atoms with E-state index in [9.17, 15) is 0 Å². The molecule has 0 aromatic carbocycles. The maximum absolute atomic E-state index is 4.50. The van der Waals surface area contributed by atoms with Gasteiger partial charge in [0.2, 0.25) is 0 Å². The van der Waals surface area contributed by atoms with Gasteiger partial charge in [0.15, 0.2) is 0 Å². The molecule has 0 atom stereocenters. The average Bonchev–Trinajstić information content (AvgIpc) is 2.16. The van der Waals surface area contributed by atoms with Crippen LogP contribution in [0.4, 0.5) is 0 Å². The molecule has 0 aliphatic carbocycles. The Morgan fingerprint density at radius 2 is 2.07 bits per heavy atom. The lowest BCUT2D eigenvalue weighted by Crippen LogP contribution is -2.03. The van der Waals surface area contributed by atoms with Gasteiger partial charge < -0.3 is 0 Å². The van der Waals surface area contributed by atoms with Crippen molar-refractivity contribution in [1.29, 1.82) is 0 Å². The number of aryl methyl sites for hydroxylation is 1. The molecule has 3 nitrogen and oxygen atoms in total. The van der Waals surface area contributed by atoms with Gasteiger partial charge in [0, 0.05) is 12.6 Å². The lowest BCUT2D eigenvalue weighted by molar-refractivity contribution is 0.621. The minimum absolute atomic E-state index is 0.582. The number of fused-ring (bicyclic) bond motifs is 1. The molecule has 0 fully saturated rings.